The van der Waals surface area contributed by atoms with Crippen LogP contribution in [-0.2, 0) is 16.0 Å². The molecular weight excluding hydrogens is 336 g/mol. The van der Waals surface area contributed by atoms with Crippen molar-refractivity contribution in [2.45, 2.75) is 6.42 Å². The molecule has 1 aromatic carbocycles. The van der Waals surface area contributed by atoms with Gasteiger partial charge in [0.1, 0.15) is 0 Å². The molecule has 1 aromatic rings. The molecule has 0 aliphatic carbocycles. The summed E-state index contributed by atoms with van der Waals surface area (Å²) in [7, 11) is 3.16. The topological polar surface area (TPSA) is 97.1 Å². The number of benzene rings is 1. The van der Waals surface area contributed by atoms with Crippen molar-refractivity contribution in [2.75, 3.05) is 60.0 Å². The van der Waals surface area contributed by atoms with Gasteiger partial charge < -0.3 is 25.4 Å². The molecule has 1 heterocycles. The molecule has 0 aromatic heterocycles. The number of amides is 2. The van der Waals surface area contributed by atoms with E-state index in [0.29, 0.717) is 44.1 Å². The first-order chi connectivity index (χ1) is 12.6. The van der Waals surface area contributed by atoms with Crippen LogP contribution in [0.25, 0.3) is 0 Å². The lowest BCUT2D eigenvalue weighted by Crippen LogP contribution is -2.53. The molecule has 144 valence electrons. The number of piperazine rings is 1. The van der Waals surface area contributed by atoms with Crippen molar-refractivity contribution in [3.63, 3.8) is 0 Å². The van der Waals surface area contributed by atoms with Gasteiger partial charge in [-0.25, -0.2) is 0 Å². The number of nitrogens with two attached hydrogens (primary N) is 1. The maximum Gasteiger partial charge on any atom is 0.311 e. The minimum atomic E-state index is -0.558. The number of hydrogen-bond donors (Lipinski definition) is 2. The van der Waals surface area contributed by atoms with Gasteiger partial charge in [0.25, 0.3) is 0 Å². The summed E-state index contributed by atoms with van der Waals surface area (Å²) in [6.45, 7) is 4.42. The van der Waals surface area contributed by atoms with Gasteiger partial charge in [0.15, 0.2) is 11.5 Å². The molecule has 0 bridgehead atoms. The van der Waals surface area contributed by atoms with Crippen LogP contribution in [0.4, 0.5) is 0 Å². The molecular formula is C18H28N4O4. The highest BCUT2D eigenvalue weighted by Gasteiger charge is 2.25. The molecule has 0 spiro atoms. The second-order valence-electron chi connectivity index (χ2n) is 6.12. The van der Waals surface area contributed by atoms with Gasteiger partial charge in [-0.2, -0.15) is 0 Å². The molecule has 1 aliphatic rings. The molecule has 8 heteroatoms. The van der Waals surface area contributed by atoms with Crippen molar-refractivity contribution in [3.05, 3.63) is 23.8 Å². The first-order valence-electron chi connectivity index (χ1n) is 8.79. The minimum Gasteiger partial charge on any atom is -0.493 e. The van der Waals surface area contributed by atoms with Crippen LogP contribution in [0.15, 0.2) is 18.2 Å². The van der Waals surface area contributed by atoms with Crippen LogP contribution >= 0.6 is 0 Å². The smallest absolute Gasteiger partial charge is 0.311 e. The van der Waals surface area contributed by atoms with Gasteiger partial charge in [-0.1, -0.05) is 6.07 Å². The number of nitrogens with one attached hydrogen (secondary N) is 1. The molecule has 1 aliphatic heterocycles. The summed E-state index contributed by atoms with van der Waals surface area (Å²) in [4.78, 5) is 28.1. The van der Waals surface area contributed by atoms with Crippen molar-refractivity contribution < 1.29 is 19.1 Å². The van der Waals surface area contributed by atoms with Gasteiger partial charge in [-0.05, 0) is 24.1 Å². The van der Waals surface area contributed by atoms with Crippen molar-refractivity contribution in [2.24, 2.45) is 5.73 Å². The molecule has 0 atom stereocenters. The van der Waals surface area contributed by atoms with Crippen LogP contribution in [0.1, 0.15) is 5.56 Å². The first-order valence-corrected chi connectivity index (χ1v) is 8.79. The SMILES string of the molecule is COc1ccc(CCNC(=O)C(=O)N2CCN(CCN)CC2)cc1OC. The van der Waals surface area contributed by atoms with Crippen molar-refractivity contribution in [3.8, 4) is 11.5 Å². The fourth-order valence-electron chi connectivity index (χ4n) is 2.93. The Morgan fingerprint density at radius 3 is 2.42 bits per heavy atom. The highest BCUT2D eigenvalue weighted by Crippen LogP contribution is 2.27. The second-order valence-corrected chi connectivity index (χ2v) is 6.12. The Bertz CT molecular complexity index is 615. The number of methoxy groups -OCH3 is 2. The summed E-state index contributed by atoms with van der Waals surface area (Å²) < 4.78 is 10.5. The van der Waals surface area contributed by atoms with Crippen LogP contribution in [0.5, 0.6) is 11.5 Å². The molecule has 1 saturated heterocycles. The predicted octanol–water partition coefficient (Wildman–Crippen LogP) is -0.535. The molecule has 0 saturated carbocycles. The normalized spacial score (nSPS) is 14.8. The average molecular weight is 364 g/mol. The van der Waals surface area contributed by atoms with E-state index in [1.807, 2.05) is 18.2 Å². The average Bonchev–Trinajstić information content (AvgIpc) is 2.68. The number of ether oxygens (including phenoxy) is 2. The van der Waals surface area contributed by atoms with E-state index in [4.69, 9.17) is 15.2 Å². The fraction of sp³-hybridized carbons (Fsp3) is 0.556. The standard InChI is InChI=1S/C18H28N4O4/c1-25-15-4-3-14(13-16(15)26-2)5-7-20-17(23)18(24)22-11-9-21(8-6-19)10-12-22/h3-4,13H,5-12,19H2,1-2H3,(H,20,23). The zero-order valence-electron chi connectivity index (χ0n) is 15.5. The zero-order chi connectivity index (χ0) is 18.9. The highest BCUT2D eigenvalue weighted by atomic mass is 16.5. The number of nitrogens with zero attached hydrogens (tertiary/aromatic N) is 2. The van der Waals surface area contributed by atoms with Gasteiger partial charge in [0.2, 0.25) is 0 Å². The third-order valence-electron chi connectivity index (χ3n) is 4.45. The van der Waals surface area contributed by atoms with Crippen LogP contribution in [0.2, 0.25) is 0 Å². The van der Waals surface area contributed by atoms with Gasteiger partial charge in [0, 0.05) is 45.8 Å². The van der Waals surface area contributed by atoms with E-state index < -0.39 is 11.8 Å². The summed E-state index contributed by atoms with van der Waals surface area (Å²) >= 11 is 0. The molecule has 2 rings (SSSR count). The molecule has 0 radical (unpaired) electrons. The molecule has 8 nitrogen and oxygen atoms in total. The zero-order valence-corrected chi connectivity index (χ0v) is 15.5. The van der Waals surface area contributed by atoms with E-state index in [-0.39, 0.29) is 0 Å². The number of carbonyl (C=O) groups is 2. The maximum atomic E-state index is 12.2. The molecule has 1 fully saturated rings. The Morgan fingerprint density at radius 2 is 1.81 bits per heavy atom. The third kappa shape index (κ3) is 5.34. The van der Waals surface area contributed by atoms with E-state index in [0.717, 1.165) is 25.2 Å². The van der Waals surface area contributed by atoms with E-state index in [2.05, 4.69) is 10.2 Å². The fourth-order valence-corrected chi connectivity index (χ4v) is 2.93. The van der Waals surface area contributed by atoms with Gasteiger partial charge in [-0.3, -0.25) is 14.5 Å². The molecule has 0 unspecified atom stereocenters. The van der Waals surface area contributed by atoms with Crippen molar-refractivity contribution in [1.29, 1.82) is 0 Å². The minimum absolute atomic E-state index is 0.382. The summed E-state index contributed by atoms with van der Waals surface area (Å²) in [5.74, 6) is 0.273. The maximum absolute atomic E-state index is 12.2. The van der Waals surface area contributed by atoms with Gasteiger partial charge in [-0.15, -0.1) is 0 Å². The van der Waals surface area contributed by atoms with E-state index >= 15 is 0 Å². The Labute approximate surface area is 154 Å². The monoisotopic (exact) mass is 364 g/mol. The number of carbonyl (C=O) groups excluding carboxylic acids is 2. The van der Waals surface area contributed by atoms with Crippen LogP contribution in [0.3, 0.4) is 0 Å². The van der Waals surface area contributed by atoms with E-state index in [1.54, 1.807) is 19.1 Å². The van der Waals surface area contributed by atoms with Crippen LogP contribution < -0.4 is 20.5 Å². The molecule has 2 amide bonds. The quantitative estimate of drug-likeness (QED) is 0.631. The lowest BCUT2D eigenvalue weighted by molar-refractivity contribution is -0.146. The Morgan fingerprint density at radius 1 is 1.12 bits per heavy atom. The molecule has 26 heavy (non-hydrogen) atoms. The summed E-state index contributed by atoms with van der Waals surface area (Å²) in [5, 5.41) is 2.69. The Hall–Kier alpha value is -2.32. The lowest BCUT2D eigenvalue weighted by atomic mass is 10.1. The highest BCUT2D eigenvalue weighted by molar-refractivity contribution is 6.35. The van der Waals surface area contributed by atoms with Crippen LogP contribution in [-0.4, -0.2) is 81.6 Å². The second kappa shape index (κ2) is 9.98. The van der Waals surface area contributed by atoms with E-state index in [1.165, 1.54) is 0 Å². The van der Waals surface area contributed by atoms with E-state index in [9.17, 15) is 9.59 Å². The number of hydrogen-bond acceptors (Lipinski definition) is 6. The predicted molar refractivity (Wildman–Crippen MR) is 98.3 cm³/mol. The van der Waals surface area contributed by atoms with Gasteiger partial charge in [0.05, 0.1) is 14.2 Å². The van der Waals surface area contributed by atoms with Crippen LogP contribution in [0, 0.1) is 0 Å². The Balaban J connectivity index is 1.77. The summed E-state index contributed by atoms with van der Waals surface area (Å²) in [5.41, 5.74) is 6.53. The Kier molecular flexibility index (Phi) is 7.68. The lowest BCUT2D eigenvalue weighted by Gasteiger charge is -2.34. The summed E-state index contributed by atoms with van der Waals surface area (Å²) in [6.07, 6.45) is 0.601. The van der Waals surface area contributed by atoms with Crippen molar-refractivity contribution >= 4 is 11.8 Å². The number of rotatable bonds is 7. The molecule has 3 N–H and O–H groups in total. The first kappa shape index (κ1) is 20.0. The summed E-state index contributed by atoms with van der Waals surface area (Å²) in [6, 6.07) is 5.59. The van der Waals surface area contributed by atoms with Gasteiger partial charge >= 0.3 is 11.8 Å². The van der Waals surface area contributed by atoms with Crippen molar-refractivity contribution in [1.82, 2.24) is 15.1 Å². The third-order valence-corrected chi connectivity index (χ3v) is 4.45. The largest absolute Gasteiger partial charge is 0.493 e.